The van der Waals surface area contributed by atoms with Crippen LogP contribution in [-0.2, 0) is 0 Å². The van der Waals surface area contributed by atoms with Gasteiger partial charge in [0.1, 0.15) is 0 Å². The van der Waals surface area contributed by atoms with Crippen molar-refractivity contribution in [3.05, 3.63) is 30.7 Å². The number of hydrogen-bond acceptors (Lipinski definition) is 2. The van der Waals surface area contributed by atoms with E-state index in [0.717, 1.165) is 0 Å². The van der Waals surface area contributed by atoms with E-state index in [1.807, 2.05) is 13.8 Å². The van der Waals surface area contributed by atoms with Gasteiger partial charge in [0.15, 0.2) is 0 Å². The number of rotatable bonds is 0. The van der Waals surface area contributed by atoms with E-state index in [4.69, 9.17) is 0 Å². The monoisotopic (exact) mass is 147 g/mol. The third kappa shape index (κ3) is 1.47. The zero-order valence-corrected chi connectivity index (χ0v) is 6.57. The average Bonchev–Trinajstić information content (AvgIpc) is 2.55. The van der Waals surface area contributed by atoms with Crippen LogP contribution in [0.3, 0.4) is 0 Å². The first-order chi connectivity index (χ1) is 5.47. The molecule has 0 aromatic carbocycles. The summed E-state index contributed by atoms with van der Waals surface area (Å²) < 4.78 is 1.64. The predicted molar refractivity (Wildman–Crippen MR) is 42.0 cm³/mol. The van der Waals surface area contributed by atoms with E-state index >= 15 is 0 Å². The molecule has 0 aliphatic rings. The van der Waals surface area contributed by atoms with Crippen molar-refractivity contribution in [3.8, 4) is 0 Å². The molecule has 3 heteroatoms. The van der Waals surface area contributed by atoms with Crippen LogP contribution in [0.4, 0.5) is 0 Å². The number of nitrogens with zero attached hydrogens (tertiary/aromatic N) is 3. The molecular weight excluding hydrogens is 138 g/mol. The van der Waals surface area contributed by atoms with E-state index < -0.39 is 0 Å². The molecule has 0 unspecified atom stereocenters. The van der Waals surface area contributed by atoms with E-state index in [9.17, 15) is 0 Å². The molecule has 2 aromatic rings. The first-order valence-electron chi connectivity index (χ1n) is 3.54. The van der Waals surface area contributed by atoms with Gasteiger partial charge in [-0.1, -0.05) is 13.8 Å². The number of fused-ring (bicyclic) bond motifs is 1. The third-order valence-corrected chi connectivity index (χ3v) is 1.05. The summed E-state index contributed by atoms with van der Waals surface area (Å²) in [5.74, 6) is 0. The summed E-state index contributed by atoms with van der Waals surface area (Å²) in [5.41, 5.74) is 0.706. The Balaban J connectivity index is 0.000000281. The lowest BCUT2D eigenvalue weighted by molar-refractivity contribution is 0.939. The fraction of sp³-hybridized carbons (Fsp3) is 0.250. The van der Waals surface area contributed by atoms with Crippen molar-refractivity contribution < 1.29 is 0 Å². The second-order valence-corrected chi connectivity index (χ2v) is 1.61. The van der Waals surface area contributed by atoms with Gasteiger partial charge in [0.25, 0.3) is 0 Å². The maximum Gasteiger partial charge on any atom is 0.206 e. The third-order valence-electron chi connectivity index (χ3n) is 1.05. The van der Waals surface area contributed by atoms with Crippen molar-refractivity contribution in [2.45, 2.75) is 13.8 Å². The van der Waals surface area contributed by atoms with Crippen LogP contribution in [0.15, 0.2) is 18.6 Å². The standard InChI is InChI=1S/C6H3N3.C2H6/c1-2-6-7-4-5-9(6)8-3-1;1-2/h3-5H;1-2H3. The summed E-state index contributed by atoms with van der Waals surface area (Å²) >= 11 is 0. The fourth-order valence-corrected chi connectivity index (χ4v) is 0.667. The lowest BCUT2D eigenvalue weighted by Gasteiger charge is -1.80. The van der Waals surface area contributed by atoms with Crippen LogP contribution < -0.4 is 0 Å². The van der Waals surface area contributed by atoms with Gasteiger partial charge in [-0.2, -0.15) is 5.10 Å². The fourth-order valence-electron chi connectivity index (χ4n) is 0.667. The number of aromatic nitrogens is 3. The van der Waals surface area contributed by atoms with Gasteiger partial charge in [-0.3, -0.25) is 0 Å². The maximum absolute atomic E-state index is 3.93. The van der Waals surface area contributed by atoms with Crippen LogP contribution in [0.25, 0.3) is 5.65 Å². The molecule has 2 rings (SSSR count). The Hall–Kier alpha value is -1.56. The second kappa shape index (κ2) is 3.57. The van der Waals surface area contributed by atoms with Crippen LogP contribution >= 0.6 is 0 Å². The van der Waals surface area contributed by atoms with E-state index in [0.29, 0.717) is 5.65 Å². The molecular formula is C8H9N3. The normalized spacial score (nSPS) is 8.18. The Bertz CT molecular complexity index is 283. The molecule has 2 heterocycles. The molecule has 11 heavy (non-hydrogen) atoms. The van der Waals surface area contributed by atoms with Gasteiger partial charge in [0, 0.05) is 12.4 Å². The minimum absolute atomic E-state index is 0.706. The molecule has 0 aliphatic heterocycles. The lowest BCUT2D eigenvalue weighted by atomic mass is 10.7. The Kier molecular flexibility index (Phi) is 2.45. The Morgan fingerprint density at radius 3 is 3.00 bits per heavy atom. The summed E-state index contributed by atoms with van der Waals surface area (Å²) in [6, 6.07) is 5.50. The first kappa shape index (κ1) is 7.55. The van der Waals surface area contributed by atoms with Gasteiger partial charge in [-0.15, -0.1) is 0 Å². The summed E-state index contributed by atoms with van der Waals surface area (Å²) in [5, 5.41) is 3.91. The van der Waals surface area contributed by atoms with Gasteiger partial charge in [-0.25, -0.2) is 9.50 Å². The van der Waals surface area contributed by atoms with E-state index in [1.165, 1.54) is 0 Å². The highest BCUT2D eigenvalue weighted by atomic mass is 15.2. The van der Waals surface area contributed by atoms with Crippen LogP contribution in [0.1, 0.15) is 13.8 Å². The molecule has 0 radical (unpaired) electrons. The average molecular weight is 147 g/mol. The smallest absolute Gasteiger partial charge is 0.206 e. The minimum atomic E-state index is 0.706. The van der Waals surface area contributed by atoms with Crippen LogP contribution in [0, 0.1) is 12.1 Å². The highest BCUT2D eigenvalue weighted by Gasteiger charge is 1.85. The summed E-state index contributed by atoms with van der Waals surface area (Å²) in [6.45, 7) is 4.00. The topological polar surface area (TPSA) is 30.2 Å². The van der Waals surface area contributed by atoms with Crippen molar-refractivity contribution in [2.24, 2.45) is 0 Å². The summed E-state index contributed by atoms with van der Waals surface area (Å²) in [7, 11) is 0. The van der Waals surface area contributed by atoms with Gasteiger partial charge in [0.2, 0.25) is 5.65 Å². The Labute approximate surface area is 65.7 Å². The second-order valence-electron chi connectivity index (χ2n) is 1.61. The molecule has 0 saturated carbocycles. The van der Waals surface area contributed by atoms with Crippen LogP contribution in [0.5, 0.6) is 0 Å². The molecule has 56 valence electrons. The molecule has 0 N–H and O–H groups in total. The molecule has 0 aliphatic carbocycles. The van der Waals surface area contributed by atoms with Crippen LogP contribution in [-0.4, -0.2) is 14.6 Å². The quantitative estimate of drug-likeness (QED) is 0.563. The van der Waals surface area contributed by atoms with E-state index in [1.54, 1.807) is 23.1 Å². The van der Waals surface area contributed by atoms with Crippen molar-refractivity contribution >= 4 is 5.65 Å². The molecule has 0 saturated heterocycles. The molecule has 0 amide bonds. The van der Waals surface area contributed by atoms with Gasteiger partial charge < -0.3 is 0 Å². The zero-order valence-electron chi connectivity index (χ0n) is 6.57. The Morgan fingerprint density at radius 1 is 1.45 bits per heavy atom. The molecule has 3 nitrogen and oxygen atoms in total. The maximum atomic E-state index is 3.93. The van der Waals surface area contributed by atoms with Gasteiger partial charge >= 0.3 is 0 Å². The molecule has 0 spiro atoms. The molecule has 2 aromatic heterocycles. The molecule has 0 bridgehead atoms. The number of hydrogen-bond donors (Lipinski definition) is 0. The summed E-state index contributed by atoms with van der Waals surface area (Å²) in [6.07, 6.45) is 4.99. The highest BCUT2D eigenvalue weighted by molar-refractivity contribution is 5.29. The SMILES string of the molecule is CC.c1cnn2ccnc2c#1. The van der Waals surface area contributed by atoms with Crippen molar-refractivity contribution in [2.75, 3.05) is 0 Å². The van der Waals surface area contributed by atoms with E-state index in [2.05, 4.69) is 22.2 Å². The molecule has 0 atom stereocenters. The Morgan fingerprint density at radius 2 is 2.27 bits per heavy atom. The van der Waals surface area contributed by atoms with Gasteiger partial charge in [-0.05, 0) is 12.1 Å². The largest absolute Gasteiger partial charge is 0.228 e. The highest BCUT2D eigenvalue weighted by Crippen LogP contribution is 1.88. The van der Waals surface area contributed by atoms with Crippen molar-refractivity contribution in [1.29, 1.82) is 0 Å². The zero-order chi connectivity index (χ0) is 8.10. The van der Waals surface area contributed by atoms with Crippen molar-refractivity contribution in [1.82, 2.24) is 14.6 Å². The first-order valence-corrected chi connectivity index (χ1v) is 3.54. The minimum Gasteiger partial charge on any atom is -0.228 e. The molecule has 0 fully saturated rings. The van der Waals surface area contributed by atoms with Crippen LogP contribution in [0.2, 0.25) is 0 Å². The van der Waals surface area contributed by atoms with E-state index in [-0.39, 0.29) is 0 Å². The predicted octanol–water partition coefficient (Wildman–Crippen LogP) is 1.36. The number of imidazole rings is 1. The van der Waals surface area contributed by atoms with Gasteiger partial charge in [0.05, 0.1) is 6.20 Å². The summed E-state index contributed by atoms with van der Waals surface area (Å²) in [4.78, 5) is 3.93. The lowest BCUT2D eigenvalue weighted by Crippen LogP contribution is -1.84. The van der Waals surface area contributed by atoms with Crippen molar-refractivity contribution in [3.63, 3.8) is 0 Å².